The SMILES string of the molecule is Cl.c1n[nH]c(C2CCCCN2)n1. The van der Waals surface area contributed by atoms with E-state index in [1.165, 1.54) is 19.3 Å². The van der Waals surface area contributed by atoms with Crippen LogP contribution in [-0.2, 0) is 0 Å². The van der Waals surface area contributed by atoms with Crippen LogP contribution in [0.5, 0.6) is 0 Å². The number of nitrogens with zero attached hydrogens (tertiary/aromatic N) is 2. The standard InChI is InChI=1S/C7H12N4.ClH/c1-2-4-8-6(3-1)7-9-5-10-11-7;/h5-6,8H,1-4H2,(H,9,10,11);1H. The van der Waals surface area contributed by atoms with Crippen molar-refractivity contribution in [1.29, 1.82) is 0 Å². The zero-order valence-corrected chi connectivity index (χ0v) is 7.60. The highest BCUT2D eigenvalue weighted by Gasteiger charge is 2.16. The normalized spacial score (nSPS) is 23.2. The number of nitrogens with one attached hydrogen (secondary N) is 2. The third-order valence-corrected chi connectivity index (χ3v) is 2.07. The minimum Gasteiger partial charge on any atom is -0.307 e. The molecule has 5 heteroatoms. The van der Waals surface area contributed by atoms with Gasteiger partial charge in [-0.3, -0.25) is 5.10 Å². The second kappa shape index (κ2) is 4.42. The molecule has 0 bridgehead atoms. The van der Waals surface area contributed by atoms with E-state index >= 15 is 0 Å². The molecular weight excluding hydrogens is 176 g/mol. The van der Waals surface area contributed by atoms with Crippen molar-refractivity contribution in [2.45, 2.75) is 25.3 Å². The van der Waals surface area contributed by atoms with Gasteiger partial charge in [0.25, 0.3) is 0 Å². The van der Waals surface area contributed by atoms with Gasteiger partial charge in [-0.05, 0) is 19.4 Å². The van der Waals surface area contributed by atoms with E-state index in [1.54, 1.807) is 6.33 Å². The lowest BCUT2D eigenvalue weighted by molar-refractivity contribution is 0.398. The van der Waals surface area contributed by atoms with Crippen molar-refractivity contribution in [2.75, 3.05) is 6.54 Å². The van der Waals surface area contributed by atoms with E-state index in [1.807, 2.05) is 0 Å². The van der Waals surface area contributed by atoms with Crippen LogP contribution in [0, 0.1) is 0 Å². The zero-order chi connectivity index (χ0) is 7.52. The van der Waals surface area contributed by atoms with Crippen LogP contribution in [0.2, 0.25) is 0 Å². The molecule has 1 aromatic rings. The maximum Gasteiger partial charge on any atom is 0.141 e. The van der Waals surface area contributed by atoms with Gasteiger partial charge in [0, 0.05) is 0 Å². The van der Waals surface area contributed by atoms with Crippen molar-refractivity contribution in [3.63, 3.8) is 0 Å². The Hall–Kier alpha value is -0.610. The second-order valence-corrected chi connectivity index (χ2v) is 2.87. The Morgan fingerprint density at radius 1 is 1.42 bits per heavy atom. The molecule has 1 unspecified atom stereocenters. The summed E-state index contributed by atoms with van der Waals surface area (Å²) in [5, 5.41) is 10.1. The van der Waals surface area contributed by atoms with Gasteiger partial charge in [0.2, 0.25) is 0 Å². The maximum absolute atomic E-state index is 4.11. The summed E-state index contributed by atoms with van der Waals surface area (Å²) >= 11 is 0. The molecule has 2 heterocycles. The van der Waals surface area contributed by atoms with Crippen LogP contribution < -0.4 is 5.32 Å². The molecule has 0 aliphatic carbocycles. The third kappa shape index (κ3) is 1.95. The van der Waals surface area contributed by atoms with E-state index in [-0.39, 0.29) is 12.4 Å². The molecule has 0 spiro atoms. The summed E-state index contributed by atoms with van der Waals surface area (Å²) in [6.45, 7) is 1.10. The Labute approximate surface area is 77.6 Å². The lowest BCUT2D eigenvalue weighted by Crippen LogP contribution is -2.27. The van der Waals surface area contributed by atoms with E-state index in [2.05, 4.69) is 20.5 Å². The van der Waals surface area contributed by atoms with Gasteiger partial charge in [-0.15, -0.1) is 12.4 Å². The molecule has 1 saturated heterocycles. The molecule has 0 amide bonds. The molecule has 1 atom stereocenters. The first-order valence-corrected chi connectivity index (χ1v) is 4.05. The summed E-state index contributed by atoms with van der Waals surface area (Å²) in [6, 6.07) is 0.409. The van der Waals surface area contributed by atoms with Crippen LogP contribution in [0.15, 0.2) is 6.33 Å². The zero-order valence-electron chi connectivity index (χ0n) is 6.79. The topological polar surface area (TPSA) is 53.6 Å². The van der Waals surface area contributed by atoms with Crippen molar-refractivity contribution in [2.24, 2.45) is 0 Å². The number of piperidine rings is 1. The smallest absolute Gasteiger partial charge is 0.141 e. The number of hydrogen-bond acceptors (Lipinski definition) is 3. The molecule has 0 radical (unpaired) electrons. The molecule has 1 fully saturated rings. The second-order valence-electron chi connectivity index (χ2n) is 2.87. The van der Waals surface area contributed by atoms with Crippen molar-refractivity contribution in [1.82, 2.24) is 20.5 Å². The summed E-state index contributed by atoms with van der Waals surface area (Å²) in [5.74, 6) is 0.977. The van der Waals surface area contributed by atoms with Gasteiger partial charge in [-0.1, -0.05) is 6.42 Å². The first-order chi connectivity index (χ1) is 5.47. The van der Waals surface area contributed by atoms with Gasteiger partial charge in [0.1, 0.15) is 12.2 Å². The van der Waals surface area contributed by atoms with Gasteiger partial charge in [-0.2, -0.15) is 5.10 Å². The van der Waals surface area contributed by atoms with E-state index < -0.39 is 0 Å². The maximum atomic E-state index is 4.11. The minimum atomic E-state index is 0. The van der Waals surface area contributed by atoms with Gasteiger partial charge < -0.3 is 5.32 Å². The predicted octanol–water partition coefficient (Wildman–Crippen LogP) is 1.04. The lowest BCUT2D eigenvalue weighted by atomic mass is 10.1. The van der Waals surface area contributed by atoms with Gasteiger partial charge in [-0.25, -0.2) is 4.98 Å². The van der Waals surface area contributed by atoms with Crippen molar-refractivity contribution >= 4 is 12.4 Å². The molecule has 2 rings (SSSR count). The molecule has 0 saturated carbocycles. The number of aromatic amines is 1. The summed E-state index contributed by atoms with van der Waals surface area (Å²) in [5.41, 5.74) is 0. The van der Waals surface area contributed by atoms with Gasteiger partial charge in [0.05, 0.1) is 6.04 Å². The average molecular weight is 189 g/mol. The Balaban J connectivity index is 0.000000720. The van der Waals surface area contributed by atoms with Crippen LogP contribution in [0.3, 0.4) is 0 Å². The molecule has 68 valence electrons. The highest BCUT2D eigenvalue weighted by molar-refractivity contribution is 5.85. The Bertz CT molecular complexity index is 205. The number of rotatable bonds is 1. The molecule has 1 aliphatic rings. The van der Waals surface area contributed by atoms with E-state index in [0.717, 1.165) is 12.4 Å². The van der Waals surface area contributed by atoms with Crippen LogP contribution >= 0.6 is 12.4 Å². The lowest BCUT2D eigenvalue weighted by Gasteiger charge is -2.20. The number of halogens is 1. The van der Waals surface area contributed by atoms with Crippen LogP contribution in [0.4, 0.5) is 0 Å². The predicted molar refractivity (Wildman–Crippen MR) is 48.2 cm³/mol. The first-order valence-electron chi connectivity index (χ1n) is 4.05. The molecule has 4 nitrogen and oxygen atoms in total. The highest BCUT2D eigenvalue weighted by Crippen LogP contribution is 2.18. The van der Waals surface area contributed by atoms with Gasteiger partial charge in [0.15, 0.2) is 0 Å². The van der Waals surface area contributed by atoms with Gasteiger partial charge >= 0.3 is 0 Å². The fourth-order valence-corrected chi connectivity index (χ4v) is 1.47. The van der Waals surface area contributed by atoms with Crippen molar-refractivity contribution < 1.29 is 0 Å². The first kappa shape index (κ1) is 9.48. The molecule has 2 N–H and O–H groups in total. The fraction of sp³-hybridized carbons (Fsp3) is 0.714. The number of H-pyrrole nitrogens is 1. The molecule has 12 heavy (non-hydrogen) atoms. The summed E-state index contributed by atoms with van der Waals surface area (Å²) in [6.07, 6.45) is 5.31. The van der Waals surface area contributed by atoms with Crippen molar-refractivity contribution in [3.8, 4) is 0 Å². The van der Waals surface area contributed by atoms with E-state index in [4.69, 9.17) is 0 Å². The third-order valence-electron chi connectivity index (χ3n) is 2.07. The summed E-state index contributed by atoms with van der Waals surface area (Å²) < 4.78 is 0. The molecule has 1 aromatic heterocycles. The Morgan fingerprint density at radius 3 is 2.92 bits per heavy atom. The van der Waals surface area contributed by atoms with E-state index in [0.29, 0.717) is 6.04 Å². The Kier molecular flexibility index (Phi) is 3.49. The molecule has 0 aromatic carbocycles. The van der Waals surface area contributed by atoms with Crippen molar-refractivity contribution in [3.05, 3.63) is 12.2 Å². The van der Waals surface area contributed by atoms with Crippen LogP contribution in [0.1, 0.15) is 31.1 Å². The highest BCUT2D eigenvalue weighted by atomic mass is 35.5. The fourth-order valence-electron chi connectivity index (χ4n) is 1.47. The van der Waals surface area contributed by atoms with E-state index in [9.17, 15) is 0 Å². The molecule has 1 aliphatic heterocycles. The number of hydrogen-bond donors (Lipinski definition) is 2. The van der Waals surface area contributed by atoms with Crippen LogP contribution in [-0.4, -0.2) is 21.7 Å². The number of aromatic nitrogens is 3. The summed E-state index contributed by atoms with van der Waals surface area (Å²) in [7, 11) is 0. The Morgan fingerprint density at radius 2 is 2.33 bits per heavy atom. The average Bonchev–Trinajstić information content (AvgIpc) is 2.58. The summed E-state index contributed by atoms with van der Waals surface area (Å²) in [4.78, 5) is 4.11. The molecular formula is C7H13ClN4. The largest absolute Gasteiger partial charge is 0.307 e. The quantitative estimate of drug-likeness (QED) is 0.693. The minimum absolute atomic E-state index is 0. The van der Waals surface area contributed by atoms with Crippen LogP contribution in [0.25, 0.3) is 0 Å². The monoisotopic (exact) mass is 188 g/mol.